The lowest BCUT2D eigenvalue weighted by molar-refractivity contribution is -0.116. The first-order valence-corrected chi connectivity index (χ1v) is 10.1. The first-order chi connectivity index (χ1) is 14.4. The van der Waals surface area contributed by atoms with E-state index in [1.165, 1.54) is 0 Å². The molecule has 0 aliphatic rings. The molecule has 3 heterocycles. The maximum atomic E-state index is 11.9. The number of halogens is 1. The van der Waals surface area contributed by atoms with Crippen molar-refractivity contribution in [3.63, 3.8) is 0 Å². The van der Waals surface area contributed by atoms with Crippen molar-refractivity contribution < 1.29 is 4.79 Å². The Morgan fingerprint density at radius 1 is 1.27 bits per heavy atom. The summed E-state index contributed by atoms with van der Waals surface area (Å²) in [6.07, 6.45) is 6.47. The highest BCUT2D eigenvalue weighted by Crippen LogP contribution is 2.31. The van der Waals surface area contributed by atoms with E-state index in [4.69, 9.17) is 11.6 Å². The highest BCUT2D eigenvalue weighted by atomic mass is 35.5. The summed E-state index contributed by atoms with van der Waals surface area (Å²) in [5.74, 6) is 0.672. The van der Waals surface area contributed by atoms with Crippen LogP contribution in [-0.4, -0.2) is 32.2 Å². The van der Waals surface area contributed by atoms with E-state index in [2.05, 4.69) is 26.4 Å². The standard InChI is InChI=1S/C22H23ClN6O/c1-4-7-29(14(2)30)17-5-6-19(18(23)9-17)27-22-10-21-15(11-24-22)8-20(26-21)16-12-25-28(3)13-16/h5-6,8-13,26H,4,7H2,1-3H3,(H,24,27). The molecule has 0 spiro atoms. The lowest BCUT2D eigenvalue weighted by Gasteiger charge is -2.21. The van der Waals surface area contributed by atoms with Crippen molar-refractivity contribution in [3.05, 3.63) is 53.9 Å². The van der Waals surface area contributed by atoms with Gasteiger partial charge >= 0.3 is 0 Å². The first-order valence-electron chi connectivity index (χ1n) is 9.77. The van der Waals surface area contributed by atoms with Crippen LogP contribution in [0.25, 0.3) is 22.2 Å². The van der Waals surface area contributed by atoms with Gasteiger partial charge in [0.1, 0.15) is 5.82 Å². The van der Waals surface area contributed by atoms with E-state index in [9.17, 15) is 4.79 Å². The predicted octanol–water partition coefficient (Wildman–Crippen LogP) is 5.12. The van der Waals surface area contributed by atoms with Crippen molar-refractivity contribution in [2.45, 2.75) is 20.3 Å². The minimum atomic E-state index is -0.00286. The van der Waals surface area contributed by atoms with Crippen molar-refractivity contribution in [2.24, 2.45) is 7.05 Å². The Kier molecular flexibility index (Phi) is 5.46. The Bertz CT molecular complexity index is 1210. The molecule has 0 saturated carbocycles. The minimum absolute atomic E-state index is 0.00286. The highest BCUT2D eigenvalue weighted by Gasteiger charge is 2.13. The Morgan fingerprint density at radius 3 is 2.77 bits per heavy atom. The van der Waals surface area contributed by atoms with Gasteiger partial charge in [0.25, 0.3) is 0 Å². The van der Waals surface area contributed by atoms with E-state index in [1.54, 1.807) is 22.6 Å². The summed E-state index contributed by atoms with van der Waals surface area (Å²) < 4.78 is 1.77. The largest absolute Gasteiger partial charge is 0.354 e. The second-order valence-electron chi connectivity index (χ2n) is 7.20. The number of carbonyl (C=O) groups is 1. The van der Waals surface area contributed by atoms with Crippen LogP contribution < -0.4 is 10.2 Å². The monoisotopic (exact) mass is 422 g/mol. The Labute approximate surface area is 179 Å². The van der Waals surface area contributed by atoms with E-state index in [-0.39, 0.29) is 5.91 Å². The van der Waals surface area contributed by atoms with E-state index in [0.29, 0.717) is 17.4 Å². The second kappa shape index (κ2) is 8.20. The van der Waals surface area contributed by atoms with Crippen LogP contribution in [0.5, 0.6) is 0 Å². The molecule has 0 saturated heterocycles. The number of rotatable bonds is 6. The molecule has 2 N–H and O–H groups in total. The summed E-state index contributed by atoms with van der Waals surface area (Å²) in [5.41, 5.74) is 4.48. The first kappa shape index (κ1) is 20.0. The normalized spacial score (nSPS) is 11.1. The summed E-state index contributed by atoms with van der Waals surface area (Å²) in [7, 11) is 1.89. The molecule has 0 radical (unpaired) electrons. The molecule has 0 bridgehead atoms. The fourth-order valence-corrected chi connectivity index (χ4v) is 3.64. The molecular formula is C22H23ClN6O. The molecule has 0 aliphatic carbocycles. The smallest absolute Gasteiger partial charge is 0.223 e. The van der Waals surface area contributed by atoms with Crippen LogP contribution in [0.15, 0.2) is 48.9 Å². The molecule has 8 heteroatoms. The molecule has 4 rings (SSSR count). The van der Waals surface area contributed by atoms with Crippen molar-refractivity contribution in [3.8, 4) is 11.3 Å². The van der Waals surface area contributed by atoms with E-state index >= 15 is 0 Å². The molecule has 0 atom stereocenters. The van der Waals surface area contributed by atoms with Gasteiger partial charge in [0.2, 0.25) is 5.91 Å². The zero-order chi connectivity index (χ0) is 21.3. The molecule has 1 aromatic carbocycles. The van der Waals surface area contributed by atoms with Crippen LogP contribution in [0.1, 0.15) is 20.3 Å². The second-order valence-corrected chi connectivity index (χ2v) is 7.61. The van der Waals surface area contributed by atoms with Crippen LogP contribution in [0.2, 0.25) is 5.02 Å². The molecule has 4 aromatic rings. The lowest BCUT2D eigenvalue weighted by Crippen LogP contribution is -2.29. The Balaban J connectivity index is 1.58. The number of H-pyrrole nitrogens is 1. The fraction of sp³-hybridized carbons (Fsp3) is 0.227. The molecule has 0 aliphatic heterocycles. The van der Waals surface area contributed by atoms with Crippen molar-refractivity contribution >= 4 is 45.6 Å². The number of carbonyl (C=O) groups excluding carboxylic acids is 1. The Hall–Kier alpha value is -3.32. The third-order valence-electron chi connectivity index (χ3n) is 4.87. The fourth-order valence-electron chi connectivity index (χ4n) is 3.41. The molecular weight excluding hydrogens is 400 g/mol. The van der Waals surface area contributed by atoms with Gasteiger partial charge in [-0.1, -0.05) is 18.5 Å². The number of benzene rings is 1. The number of nitrogens with zero attached hydrogens (tertiary/aromatic N) is 4. The SMILES string of the molecule is CCCN(C(C)=O)c1ccc(Nc2cc3[nH]c(-c4cnn(C)c4)cc3cn2)c(Cl)c1. The highest BCUT2D eigenvalue weighted by molar-refractivity contribution is 6.33. The van der Waals surface area contributed by atoms with Gasteiger partial charge in [0.15, 0.2) is 0 Å². The molecule has 7 nitrogen and oxygen atoms in total. The number of aromatic amines is 1. The van der Waals surface area contributed by atoms with Crippen LogP contribution >= 0.6 is 11.6 Å². The minimum Gasteiger partial charge on any atom is -0.354 e. The van der Waals surface area contributed by atoms with Crippen molar-refractivity contribution in [1.29, 1.82) is 0 Å². The zero-order valence-corrected chi connectivity index (χ0v) is 17.9. The topological polar surface area (TPSA) is 78.8 Å². The van der Waals surface area contributed by atoms with Crippen molar-refractivity contribution in [1.82, 2.24) is 19.7 Å². The van der Waals surface area contributed by atoms with Gasteiger partial charge in [0, 0.05) is 61.3 Å². The van der Waals surface area contributed by atoms with Gasteiger partial charge in [-0.2, -0.15) is 5.10 Å². The molecule has 1 amide bonds. The molecule has 30 heavy (non-hydrogen) atoms. The number of hydrogen-bond acceptors (Lipinski definition) is 4. The number of hydrogen-bond donors (Lipinski definition) is 2. The van der Waals surface area contributed by atoms with Gasteiger partial charge in [-0.25, -0.2) is 4.98 Å². The van der Waals surface area contributed by atoms with Gasteiger partial charge < -0.3 is 15.2 Å². The van der Waals surface area contributed by atoms with Crippen LogP contribution in [0.3, 0.4) is 0 Å². The van der Waals surface area contributed by atoms with Gasteiger partial charge in [0.05, 0.1) is 22.4 Å². The average Bonchev–Trinajstić information content (AvgIpc) is 3.33. The molecule has 0 fully saturated rings. The summed E-state index contributed by atoms with van der Waals surface area (Å²) in [6.45, 7) is 4.25. The number of anilines is 3. The number of amides is 1. The van der Waals surface area contributed by atoms with Gasteiger partial charge in [-0.3, -0.25) is 9.48 Å². The molecule has 0 unspecified atom stereocenters. The molecule has 3 aromatic heterocycles. The third kappa shape index (κ3) is 4.02. The van der Waals surface area contributed by atoms with Crippen molar-refractivity contribution in [2.75, 3.05) is 16.8 Å². The predicted molar refractivity (Wildman–Crippen MR) is 121 cm³/mol. The number of pyridine rings is 1. The van der Waals surface area contributed by atoms with Crippen LogP contribution in [0.4, 0.5) is 17.2 Å². The molecule has 154 valence electrons. The van der Waals surface area contributed by atoms with Crippen LogP contribution in [-0.2, 0) is 11.8 Å². The van der Waals surface area contributed by atoms with Gasteiger partial charge in [-0.05, 0) is 30.7 Å². The van der Waals surface area contributed by atoms with E-state index in [0.717, 1.165) is 40.0 Å². The lowest BCUT2D eigenvalue weighted by atomic mass is 10.2. The maximum Gasteiger partial charge on any atom is 0.223 e. The number of aryl methyl sites for hydroxylation is 1. The van der Waals surface area contributed by atoms with Gasteiger partial charge in [-0.15, -0.1) is 0 Å². The third-order valence-corrected chi connectivity index (χ3v) is 5.19. The number of aromatic nitrogens is 4. The number of fused-ring (bicyclic) bond motifs is 1. The van der Waals surface area contributed by atoms with E-state index < -0.39 is 0 Å². The summed E-state index contributed by atoms with van der Waals surface area (Å²) in [6, 6.07) is 9.55. The quantitative estimate of drug-likeness (QED) is 0.451. The summed E-state index contributed by atoms with van der Waals surface area (Å²) in [5, 5.41) is 9.02. The average molecular weight is 423 g/mol. The zero-order valence-electron chi connectivity index (χ0n) is 17.1. The number of nitrogens with one attached hydrogen (secondary N) is 2. The Morgan fingerprint density at radius 2 is 2.10 bits per heavy atom. The van der Waals surface area contributed by atoms with E-state index in [1.807, 2.05) is 50.8 Å². The van der Waals surface area contributed by atoms with Crippen LogP contribution in [0, 0.1) is 0 Å². The summed E-state index contributed by atoms with van der Waals surface area (Å²) >= 11 is 6.49. The summed E-state index contributed by atoms with van der Waals surface area (Å²) in [4.78, 5) is 21.5. The maximum absolute atomic E-state index is 11.9.